The van der Waals surface area contributed by atoms with Crippen LogP contribution in [0.1, 0.15) is 0 Å². The van der Waals surface area contributed by atoms with Gasteiger partial charge in [0.15, 0.2) is 0 Å². The molecule has 4 rings (SSSR count). The number of aliphatic hydroxyl groups excluding tert-OH is 1. The van der Waals surface area contributed by atoms with E-state index in [1.54, 1.807) is 12.5 Å². The van der Waals surface area contributed by atoms with Gasteiger partial charge in [0.25, 0.3) is 0 Å². The van der Waals surface area contributed by atoms with Crippen LogP contribution in [0.25, 0.3) is 21.8 Å². The van der Waals surface area contributed by atoms with E-state index < -0.39 is 6.10 Å². The number of hydrogen-bond acceptors (Lipinski definition) is 2. The number of aromatic nitrogens is 3. The van der Waals surface area contributed by atoms with Crippen molar-refractivity contribution >= 4 is 45.0 Å². The Kier molecular flexibility index (Phi) is 3.96. The van der Waals surface area contributed by atoms with Crippen LogP contribution in [0.15, 0.2) is 55.1 Å². The highest BCUT2D eigenvalue weighted by atomic mass is 35.5. The normalized spacial score (nSPS) is 13.0. The van der Waals surface area contributed by atoms with Crippen LogP contribution in [0.4, 0.5) is 0 Å². The number of imidazole rings is 1. The molecule has 1 atom stereocenters. The quantitative estimate of drug-likeness (QED) is 0.588. The third kappa shape index (κ3) is 2.77. The van der Waals surface area contributed by atoms with Crippen LogP contribution >= 0.6 is 23.2 Å². The Labute approximate surface area is 148 Å². The molecule has 1 N–H and O–H groups in total. The molecule has 0 bridgehead atoms. The van der Waals surface area contributed by atoms with E-state index in [2.05, 4.69) is 9.55 Å². The first kappa shape index (κ1) is 15.5. The number of hydrogen-bond donors (Lipinski definition) is 1. The lowest BCUT2D eigenvalue weighted by Crippen LogP contribution is -2.21. The second kappa shape index (κ2) is 6.13. The summed E-state index contributed by atoms with van der Waals surface area (Å²) in [5, 5.41) is 13.9. The molecule has 2 aromatic carbocycles. The number of halogens is 2. The first-order chi connectivity index (χ1) is 11.6. The minimum absolute atomic E-state index is 0.474. The molecule has 4 nitrogen and oxygen atoms in total. The average molecular weight is 360 g/mol. The molecule has 2 heterocycles. The number of rotatable bonds is 4. The molecule has 4 aromatic rings. The minimum atomic E-state index is -0.538. The van der Waals surface area contributed by atoms with E-state index in [0.29, 0.717) is 23.1 Å². The van der Waals surface area contributed by atoms with Crippen LogP contribution < -0.4 is 0 Å². The van der Waals surface area contributed by atoms with Crippen molar-refractivity contribution in [3.63, 3.8) is 0 Å². The van der Waals surface area contributed by atoms with E-state index in [1.807, 2.05) is 47.2 Å². The van der Waals surface area contributed by atoms with Crippen molar-refractivity contribution in [2.45, 2.75) is 19.2 Å². The van der Waals surface area contributed by atoms with Crippen molar-refractivity contribution in [1.29, 1.82) is 0 Å². The van der Waals surface area contributed by atoms with Gasteiger partial charge in [0.1, 0.15) is 0 Å². The fourth-order valence-electron chi connectivity index (χ4n) is 3.15. The predicted molar refractivity (Wildman–Crippen MR) is 97.7 cm³/mol. The summed E-state index contributed by atoms with van der Waals surface area (Å²) in [5.41, 5.74) is 2.06. The zero-order chi connectivity index (χ0) is 16.7. The summed E-state index contributed by atoms with van der Waals surface area (Å²) in [5.74, 6) is 0. The molecule has 0 radical (unpaired) electrons. The Morgan fingerprint density at radius 3 is 2.12 bits per heavy atom. The van der Waals surface area contributed by atoms with Crippen LogP contribution in [0.5, 0.6) is 0 Å². The highest BCUT2D eigenvalue weighted by molar-refractivity contribution is 6.33. The topological polar surface area (TPSA) is 43.0 Å². The highest BCUT2D eigenvalue weighted by Gasteiger charge is 2.15. The molecule has 0 fully saturated rings. The molecule has 6 heteroatoms. The van der Waals surface area contributed by atoms with E-state index in [0.717, 1.165) is 21.8 Å². The smallest absolute Gasteiger partial charge is 0.0946 e. The van der Waals surface area contributed by atoms with Crippen LogP contribution in [0.3, 0.4) is 0 Å². The van der Waals surface area contributed by atoms with Crippen molar-refractivity contribution in [3.8, 4) is 0 Å². The standard InChI is InChI=1S/C18H15Cl2N3O/c19-12-1-3-17-15(7-12)16-8-13(20)2-4-18(16)23(17)10-14(24)9-22-6-5-21-11-22/h1-8,11,14,24H,9-10H2. The van der Waals surface area contributed by atoms with Gasteiger partial charge in [0.2, 0.25) is 0 Å². The highest BCUT2D eigenvalue weighted by Crippen LogP contribution is 2.33. The number of fused-ring (bicyclic) bond motifs is 3. The molecule has 0 aliphatic carbocycles. The Hall–Kier alpha value is -2.01. The van der Waals surface area contributed by atoms with Gasteiger partial charge in [0.05, 0.1) is 25.5 Å². The molecule has 0 saturated carbocycles. The van der Waals surface area contributed by atoms with Gasteiger partial charge in [0, 0.05) is 44.2 Å². The molecule has 122 valence electrons. The van der Waals surface area contributed by atoms with Gasteiger partial charge >= 0.3 is 0 Å². The summed E-state index contributed by atoms with van der Waals surface area (Å²) in [6.07, 6.45) is 4.71. The minimum Gasteiger partial charge on any atom is -0.389 e. The molecule has 0 amide bonds. The number of aliphatic hydroxyl groups is 1. The SMILES string of the molecule is OC(Cn1ccnc1)Cn1c2ccc(Cl)cc2c2cc(Cl)ccc21. The number of nitrogens with zero attached hydrogens (tertiary/aromatic N) is 3. The van der Waals surface area contributed by atoms with Gasteiger partial charge in [-0.3, -0.25) is 0 Å². The van der Waals surface area contributed by atoms with Gasteiger partial charge in [-0.2, -0.15) is 0 Å². The van der Waals surface area contributed by atoms with Gasteiger partial charge in [-0.25, -0.2) is 4.98 Å². The maximum Gasteiger partial charge on any atom is 0.0946 e. The molecule has 2 aromatic heterocycles. The van der Waals surface area contributed by atoms with Crippen molar-refractivity contribution < 1.29 is 5.11 Å². The van der Waals surface area contributed by atoms with Gasteiger partial charge in [-0.05, 0) is 36.4 Å². The third-order valence-corrected chi connectivity index (χ3v) is 4.63. The van der Waals surface area contributed by atoms with E-state index in [-0.39, 0.29) is 0 Å². The first-order valence-electron chi connectivity index (χ1n) is 7.62. The third-order valence-electron chi connectivity index (χ3n) is 4.16. The van der Waals surface area contributed by atoms with E-state index >= 15 is 0 Å². The molecular formula is C18H15Cl2N3O. The van der Waals surface area contributed by atoms with E-state index in [9.17, 15) is 5.11 Å². The predicted octanol–water partition coefficient (Wildman–Crippen LogP) is 4.36. The molecule has 0 aliphatic rings. The van der Waals surface area contributed by atoms with Crippen LogP contribution in [-0.2, 0) is 13.1 Å². The van der Waals surface area contributed by atoms with Crippen LogP contribution in [0, 0.1) is 0 Å². The van der Waals surface area contributed by atoms with E-state index in [1.165, 1.54) is 0 Å². The first-order valence-corrected chi connectivity index (χ1v) is 8.38. The molecular weight excluding hydrogens is 345 g/mol. The average Bonchev–Trinajstić information content (AvgIpc) is 3.15. The molecule has 0 aliphatic heterocycles. The summed E-state index contributed by atoms with van der Waals surface area (Å²) in [7, 11) is 0. The molecule has 1 unspecified atom stereocenters. The second-order valence-corrected chi connectivity index (χ2v) is 6.72. The van der Waals surface area contributed by atoms with Crippen LogP contribution in [0.2, 0.25) is 10.0 Å². The van der Waals surface area contributed by atoms with Gasteiger partial charge in [-0.15, -0.1) is 0 Å². The maximum atomic E-state index is 10.5. The largest absolute Gasteiger partial charge is 0.389 e. The van der Waals surface area contributed by atoms with Crippen molar-refractivity contribution in [2.24, 2.45) is 0 Å². The summed E-state index contributed by atoms with van der Waals surface area (Å²) in [6, 6.07) is 11.6. The lowest BCUT2D eigenvalue weighted by atomic mass is 10.1. The Balaban J connectivity index is 1.80. The Morgan fingerprint density at radius 2 is 1.58 bits per heavy atom. The van der Waals surface area contributed by atoms with Crippen LogP contribution in [-0.4, -0.2) is 25.3 Å². The Morgan fingerprint density at radius 1 is 0.958 bits per heavy atom. The molecule has 0 saturated heterocycles. The van der Waals surface area contributed by atoms with Crippen molar-refractivity contribution in [3.05, 3.63) is 65.2 Å². The van der Waals surface area contributed by atoms with Crippen molar-refractivity contribution in [2.75, 3.05) is 0 Å². The Bertz CT molecular complexity index is 949. The van der Waals surface area contributed by atoms with E-state index in [4.69, 9.17) is 23.2 Å². The van der Waals surface area contributed by atoms with Gasteiger partial charge in [-0.1, -0.05) is 23.2 Å². The summed E-state index contributed by atoms with van der Waals surface area (Å²) >= 11 is 12.3. The zero-order valence-electron chi connectivity index (χ0n) is 12.7. The fraction of sp³-hybridized carbons (Fsp3) is 0.167. The zero-order valence-corrected chi connectivity index (χ0v) is 14.2. The van der Waals surface area contributed by atoms with Crippen molar-refractivity contribution in [1.82, 2.24) is 14.1 Å². The monoisotopic (exact) mass is 359 g/mol. The lowest BCUT2D eigenvalue weighted by Gasteiger charge is -2.14. The number of benzene rings is 2. The molecule has 0 spiro atoms. The second-order valence-electron chi connectivity index (χ2n) is 5.85. The summed E-state index contributed by atoms with van der Waals surface area (Å²) < 4.78 is 3.98. The maximum absolute atomic E-state index is 10.5. The lowest BCUT2D eigenvalue weighted by molar-refractivity contribution is 0.137. The summed E-state index contributed by atoms with van der Waals surface area (Å²) in [4.78, 5) is 4.01. The van der Waals surface area contributed by atoms with Gasteiger partial charge < -0.3 is 14.2 Å². The fourth-order valence-corrected chi connectivity index (χ4v) is 3.50. The molecule has 24 heavy (non-hydrogen) atoms. The summed E-state index contributed by atoms with van der Waals surface area (Å²) in [6.45, 7) is 0.962.